The summed E-state index contributed by atoms with van der Waals surface area (Å²) in [4.78, 5) is 6.73. The van der Waals surface area contributed by atoms with Crippen LogP contribution in [-0.4, -0.2) is 9.97 Å². The van der Waals surface area contributed by atoms with E-state index in [1.54, 1.807) is 6.07 Å². The molecule has 2 heterocycles. The number of aromatic nitrogens is 2. The van der Waals surface area contributed by atoms with Crippen molar-refractivity contribution in [3.8, 4) is 11.1 Å². The number of rotatable bonds is 1. The van der Waals surface area contributed by atoms with Crippen LogP contribution in [0.3, 0.4) is 0 Å². The molecule has 0 aliphatic rings. The van der Waals surface area contributed by atoms with Gasteiger partial charge in [0.2, 0.25) is 0 Å². The van der Waals surface area contributed by atoms with E-state index in [4.69, 9.17) is 4.42 Å². The van der Waals surface area contributed by atoms with Crippen molar-refractivity contribution in [2.24, 2.45) is 0 Å². The van der Waals surface area contributed by atoms with Crippen molar-refractivity contribution in [2.45, 2.75) is 6.18 Å². The van der Waals surface area contributed by atoms with Gasteiger partial charge < -0.3 is 9.40 Å². The fourth-order valence-electron chi connectivity index (χ4n) is 1.85. The van der Waals surface area contributed by atoms with Crippen LogP contribution < -0.4 is 0 Å². The fraction of sp³-hybridized carbons (Fsp3) is 0.0833. The van der Waals surface area contributed by atoms with E-state index in [1.807, 2.05) is 0 Å². The molecule has 0 aliphatic heterocycles. The smallest absolute Gasteiger partial charge is 0.416 e. The predicted molar refractivity (Wildman–Crippen MR) is 58.8 cm³/mol. The third-order valence-electron chi connectivity index (χ3n) is 2.68. The molecule has 0 bridgehead atoms. The van der Waals surface area contributed by atoms with Crippen molar-refractivity contribution < 1.29 is 17.6 Å². The number of alkyl halides is 3. The zero-order valence-corrected chi connectivity index (χ0v) is 8.95. The van der Waals surface area contributed by atoms with Crippen LogP contribution in [0.15, 0.2) is 41.5 Å². The highest BCUT2D eigenvalue weighted by molar-refractivity contribution is 5.92. The minimum atomic E-state index is -4.39. The molecule has 0 fully saturated rings. The standard InChI is InChI=1S/C12H7F3N2O/c13-12(14,15)8-3-9(7-1-2-18-5-7)11-10(4-8)16-6-17-11/h1-6H,(H,16,17). The average molecular weight is 252 g/mol. The lowest BCUT2D eigenvalue weighted by Gasteiger charge is -2.08. The lowest BCUT2D eigenvalue weighted by molar-refractivity contribution is -0.137. The molecule has 1 aromatic carbocycles. The minimum absolute atomic E-state index is 0.348. The maximum atomic E-state index is 12.8. The predicted octanol–water partition coefficient (Wildman–Crippen LogP) is 3.84. The molecule has 0 unspecified atom stereocenters. The molecule has 1 N–H and O–H groups in total. The topological polar surface area (TPSA) is 41.8 Å². The summed E-state index contributed by atoms with van der Waals surface area (Å²) in [6, 6.07) is 3.73. The monoisotopic (exact) mass is 252 g/mol. The Labute approximate surface area is 99.3 Å². The molecule has 3 nitrogen and oxygen atoms in total. The first-order valence-electron chi connectivity index (χ1n) is 5.12. The number of fused-ring (bicyclic) bond motifs is 1. The molecule has 0 spiro atoms. The second-order valence-corrected chi connectivity index (χ2v) is 3.83. The van der Waals surface area contributed by atoms with Crippen LogP contribution in [-0.2, 0) is 6.18 Å². The molecule has 18 heavy (non-hydrogen) atoms. The Morgan fingerprint density at radius 1 is 1.22 bits per heavy atom. The van der Waals surface area contributed by atoms with E-state index in [0.717, 1.165) is 12.1 Å². The number of furan rings is 1. The van der Waals surface area contributed by atoms with Gasteiger partial charge in [0.05, 0.1) is 35.5 Å². The minimum Gasteiger partial charge on any atom is -0.472 e. The normalized spacial score (nSPS) is 12.2. The van der Waals surface area contributed by atoms with E-state index in [9.17, 15) is 13.2 Å². The highest BCUT2D eigenvalue weighted by Gasteiger charge is 2.32. The maximum Gasteiger partial charge on any atom is 0.416 e. The van der Waals surface area contributed by atoms with Crippen molar-refractivity contribution in [2.75, 3.05) is 0 Å². The number of benzene rings is 1. The van der Waals surface area contributed by atoms with Gasteiger partial charge in [-0.1, -0.05) is 0 Å². The van der Waals surface area contributed by atoms with E-state index in [1.165, 1.54) is 18.9 Å². The molecule has 0 atom stereocenters. The lowest BCUT2D eigenvalue weighted by atomic mass is 10.0. The first-order valence-corrected chi connectivity index (χ1v) is 5.12. The summed E-state index contributed by atoms with van der Waals surface area (Å²) >= 11 is 0. The number of imidazole rings is 1. The first-order chi connectivity index (χ1) is 8.55. The number of H-pyrrole nitrogens is 1. The van der Waals surface area contributed by atoms with E-state index in [-0.39, 0.29) is 0 Å². The molecular formula is C12H7F3N2O. The van der Waals surface area contributed by atoms with Crippen molar-refractivity contribution in [3.63, 3.8) is 0 Å². The number of nitrogens with one attached hydrogen (secondary N) is 1. The summed E-state index contributed by atoms with van der Waals surface area (Å²) in [6.45, 7) is 0. The fourth-order valence-corrected chi connectivity index (χ4v) is 1.85. The van der Waals surface area contributed by atoms with Crippen LogP contribution in [0.25, 0.3) is 22.2 Å². The molecule has 0 radical (unpaired) electrons. The summed E-state index contributed by atoms with van der Waals surface area (Å²) in [5.41, 5.74) is 1.09. The van der Waals surface area contributed by atoms with Crippen LogP contribution in [0.2, 0.25) is 0 Å². The number of nitrogens with zero attached hydrogens (tertiary/aromatic N) is 1. The SMILES string of the molecule is FC(F)(F)c1cc(-c2ccoc2)c2nc[nH]c2c1. The lowest BCUT2D eigenvalue weighted by Crippen LogP contribution is -2.05. The van der Waals surface area contributed by atoms with Crippen molar-refractivity contribution >= 4 is 11.0 Å². The molecule has 92 valence electrons. The van der Waals surface area contributed by atoms with Crippen LogP contribution in [0, 0.1) is 0 Å². The molecule has 6 heteroatoms. The van der Waals surface area contributed by atoms with Crippen LogP contribution in [0.5, 0.6) is 0 Å². The summed E-state index contributed by atoms with van der Waals surface area (Å²) in [6.07, 6.45) is -0.218. The zero-order chi connectivity index (χ0) is 12.8. The summed E-state index contributed by atoms with van der Waals surface area (Å²) in [7, 11) is 0. The highest BCUT2D eigenvalue weighted by atomic mass is 19.4. The number of aromatic amines is 1. The van der Waals surface area contributed by atoms with E-state index in [2.05, 4.69) is 9.97 Å². The van der Waals surface area contributed by atoms with Gasteiger partial charge in [-0.05, 0) is 18.2 Å². The second-order valence-electron chi connectivity index (χ2n) is 3.83. The average Bonchev–Trinajstić information content (AvgIpc) is 2.97. The Bertz CT molecular complexity index is 683. The Balaban J connectivity index is 2.32. The Morgan fingerprint density at radius 3 is 2.72 bits per heavy atom. The second kappa shape index (κ2) is 3.63. The van der Waals surface area contributed by atoms with Gasteiger partial charge in [-0.25, -0.2) is 4.98 Å². The summed E-state index contributed by atoms with van der Waals surface area (Å²) in [5.74, 6) is 0. The Kier molecular flexibility index (Phi) is 2.19. The molecule has 0 saturated carbocycles. The molecule has 0 aliphatic carbocycles. The third kappa shape index (κ3) is 1.66. The van der Waals surface area contributed by atoms with Gasteiger partial charge in [-0.3, -0.25) is 0 Å². The molecule has 0 saturated heterocycles. The van der Waals surface area contributed by atoms with E-state index < -0.39 is 11.7 Å². The Morgan fingerprint density at radius 2 is 2.06 bits per heavy atom. The van der Waals surface area contributed by atoms with Gasteiger partial charge in [0.25, 0.3) is 0 Å². The molecular weight excluding hydrogens is 245 g/mol. The van der Waals surface area contributed by atoms with Crippen LogP contribution in [0.4, 0.5) is 13.2 Å². The van der Waals surface area contributed by atoms with Crippen molar-refractivity contribution in [1.82, 2.24) is 9.97 Å². The van der Waals surface area contributed by atoms with Crippen molar-refractivity contribution in [3.05, 3.63) is 42.6 Å². The molecule has 3 rings (SSSR count). The third-order valence-corrected chi connectivity index (χ3v) is 2.68. The van der Waals surface area contributed by atoms with Crippen molar-refractivity contribution in [1.29, 1.82) is 0 Å². The van der Waals surface area contributed by atoms with Crippen LogP contribution in [0.1, 0.15) is 5.56 Å². The number of halogens is 3. The maximum absolute atomic E-state index is 12.8. The van der Waals surface area contributed by atoms with Gasteiger partial charge in [0.1, 0.15) is 0 Å². The van der Waals surface area contributed by atoms with Gasteiger partial charge in [0.15, 0.2) is 0 Å². The first kappa shape index (κ1) is 10.9. The van der Waals surface area contributed by atoms with Gasteiger partial charge in [-0.2, -0.15) is 13.2 Å². The quantitative estimate of drug-likeness (QED) is 0.714. The van der Waals surface area contributed by atoms with Gasteiger partial charge in [-0.15, -0.1) is 0 Å². The molecule has 2 aromatic heterocycles. The summed E-state index contributed by atoms with van der Waals surface area (Å²) in [5, 5.41) is 0. The zero-order valence-electron chi connectivity index (χ0n) is 8.95. The highest BCUT2D eigenvalue weighted by Crippen LogP contribution is 2.36. The van der Waals surface area contributed by atoms with E-state index in [0.29, 0.717) is 22.2 Å². The van der Waals surface area contributed by atoms with E-state index >= 15 is 0 Å². The van der Waals surface area contributed by atoms with Crippen LogP contribution >= 0.6 is 0 Å². The largest absolute Gasteiger partial charge is 0.472 e. The van der Waals surface area contributed by atoms with Gasteiger partial charge in [0, 0.05) is 11.1 Å². The number of hydrogen-bond acceptors (Lipinski definition) is 2. The molecule has 0 amide bonds. The number of hydrogen-bond donors (Lipinski definition) is 1. The molecule has 3 aromatic rings. The Hall–Kier alpha value is -2.24. The summed E-state index contributed by atoms with van der Waals surface area (Å²) < 4.78 is 43.3. The van der Waals surface area contributed by atoms with Gasteiger partial charge >= 0.3 is 6.18 Å².